The zero-order valence-corrected chi connectivity index (χ0v) is 12.4. The summed E-state index contributed by atoms with van der Waals surface area (Å²) in [7, 11) is 0. The van der Waals surface area contributed by atoms with E-state index in [1.54, 1.807) is 4.90 Å². The highest BCUT2D eigenvalue weighted by atomic mass is 16.5. The topological polar surface area (TPSA) is 61.8 Å². The summed E-state index contributed by atoms with van der Waals surface area (Å²) in [6, 6.07) is -0.0715. The highest BCUT2D eigenvalue weighted by Crippen LogP contribution is 2.11. The van der Waals surface area contributed by atoms with Crippen LogP contribution in [0.5, 0.6) is 0 Å². The molecule has 2 N–H and O–H groups in total. The third-order valence-corrected chi connectivity index (χ3v) is 3.51. The molecule has 0 aromatic heterocycles. The molecule has 2 atom stereocenters. The van der Waals surface area contributed by atoms with Crippen molar-refractivity contribution in [2.75, 3.05) is 26.2 Å². The van der Waals surface area contributed by atoms with Crippen molar-refractivity contribution < 1.29 is 14.6 Å². The van der Waals surface area contributed by atoms with Crippen molar-refractivity contribution in [1.82, 2.24) is 10.2 Å². The van der Waals surface area contributed by atoms with Crippen LogP contribution < -0.4 is 5.32 Å². The summed E-state index contributed by atoms with van der Waals surface area (Å²) in [5.41, 5.74) is 0. The SMILES string of the molecule is CCO[C@H](CCNC(=O)N1CCC[C@@H](O)C1)C(C)C. The van der Waals surface area contributed by atoms with Gasteiger partial charge in [-0.25, -0.2) is 4.79 Å². The molecule has 112 valence electrons. The molecular formula is C14H28N2O3. The number of β-amino-alcohol motifs (C(OH)–C–C–N with tert-alkyl or cyclic N) is 1. The van der Waals surface area contributed by atoms with Crippen molar-refractivity contribution in [2.45, 2.75) is 52.2 Å². The normalized spacial score (nSPS) is 21.5. The number of nitrogens with zero attached hydrogens (tertiary/aromatic N) is 1. The Morgan fingerprint density at radius 2 is 2.26 bits per heavy atom. The van der Waals surface area contributed by atoms with Gasteiger partial charge in [-0.2, -0.15) is 0 Å². The van der Waals surface area contributed by atoms with Crippen molar-refractivity contribution in [3.8, 4) is 0 Å². The molecule has 0 bridgehead atoms. The van der Waals surface area contributed by atoms with E-state index in [2.05, 4.69) is 19.2 Å². The Hall–Kier alpha value is -0.810. The van der Waals surface area contributed by atoms with Crippen LogP contribution in [0.25, 0.3) is 0 Å². The summed E-state index contributed by atoms with van der Waals surface area (Å²) < 4.78 is 5.64. The molecule has 1 saturated heterocycles. The number of urea groups is 1. The maximum atomic E-state index is 11.9. The molecule has 1 aliphatic rings. The Kier molecular flexibility index (Phi) is 7.16. The van der Waals surface area contributed by atoms with E-state index in [9.17, 15) is 9.90 Å². The van der Waals surface area contributed by atoms with E-state index in [0.717, 1.165) is 25.8 Å². The van der Waals surface area contributed by atoms with Gasteiger partial charge in [0.1, 0.15) is 0 Å². The van der Waals surface area contributed by atoms with E-state index in [1.165, 1.54) is 0 Å². The summed E-state index contributed by atoms with van der Waals surface area (Å²) in [6.45, 7) is 8.76. The lowest BCUT2D eigenvalue weighted by molar-refractivity contribution is 0.0250. The quantitative estimate of drug-likeness (QED) is 0.772. The highest BCUT2D eigenvalue weighted by Gasteiger charge is 2.22. The summed E-state index contributed by atoms with van der Waals surface area (Å²) in [5.74, 6) is 0.452. The molecule has 0 unspecified atom stereocenters. The third kappa shape index (κ3) is 5.78. The average molecular weight is 272 g/mol. The molecule has 5 heteroatoms. The molecule has 5 nitrogen and oxygen atoms in total. The second-order valence-corrected chi connectivity index (χ2v) is 5.50. The predicted octanol–water partition coefficient (Wildman–Crippen LogP) is 1.60. The Balaban J connectivity index is 2.25. The number of nitrogens with one attached hydrogen (secondary N) is 1. The van der Waals surface area contributed by atoms with Gasteiger partial charge >= 0.3 is 6.03 Å². The van der Waals surface area contributed by atoms with Gasteiger partial charge in [0, 0.05) is 26.2 Å². The van der Waals surface area contributed by atoms with Crippen LogP contribution in [-0.2, 0) is 4.74 Å². The van der Waals surface area contributed by atoms with Gasteiger partial charge in [0.15, 0.2) is 0 Å². The Bertz CT molecular complexity index is 271. The van der Waals surface area contributed by atoms with E-state index in [-0.39, 0.29) is 18.2 Å². The first kappa shape index (κ1) is 16.2. The van der Waals surface area contributed by atoms with E-state index in [1.807, 2.05) is 6.92 Å². The summed E-state index contributed by atoms with van der Waals surface area (Å²) in [5, 5.41) is 12.5. The van der Waals surface area contributed by atoms with Crippen LogP contribution in [0.4, 0.5) is 4.79 Å². The minimum absolute atomic E-state index is 0.0715. The Labute approximate surface area is 116 Å². The van der Waals surface area contributed by atoms with Gasteiger partial charge in [-0.1, -0.05) is 13.8 Å². The van der Waals surface area contributed by atoms with Crippen molar-refractivity contribution in [1.29, 1.82) is 0 Å². The number of carbonyl (C=O) groups is 1. The van der Waals surface area contributed by atoms with Gasteiger partial charge in [-0.05, 0) is 32.1 Å². The van der Waals surface area contributed by atoms with Crippen molar-refractivity contribution in [3.05, 3.63) is 0 Å². The lowest BCUT2D eigenvalue weighted by Crippen LogP contribution is -2.47. The zero-order valence-electron chi connectivity index (χ0n) is 12.4. The van der Waals surface area contributed by atoms with Gasteiger partial charge in [0.2, 0.25) is 0 Å². The number of hydrogen-bond acceptors (Lipinski definition) is 3. The van der Waals surface area contributed by atoms with Crippen molar-refractivity contribution in [3.63, 3.8) is 0 Å². The van der Waals surface area contributed by atoms with E-state index < -0.39 is 0 Å². The number of hydrogen-bond donors (Lipinski definition) is 2. The predicted molar refractivity (Wildman–Crippen MR) is 75.1 cm³/mol. The number of aliphatic hydroxyl groups is 1. The first-order valence-corrected chi connectivity index (χ1v) is 7.37. The van der Waals surface area contributed by atoms with Crippen LogP contribution >= 0.6 is 0 Å². The number of aliphatic hydroxyl groups excluding tert-OH is 1. The number of amides is 2. The summed E-state index contributed by atoms with van der Waals surface area (Å²) in [6.07, 6.45) is 2.32. The van der Waals surface area contributed by atoms with Crippen LogP contribution in [0.15, 0.2) is 0 Å². The van der Waals surface area contributed by atoms with Crippen LogP contribution in [0, 0.1) is 5.92 Å². The van der Waals surface area contributed by atoms with Gasteiger partial charge < -0.3 is 20.1 Å². The molecule has 0 aliphatic carbocycles. The Morgan fingerprint density at radius 1 is 1.53 bits per heavy atom. The second-order valence-electron chi connectivity index (χ2n) is 5.50. The molecule has 1 fully saturated rings. The molecule has 0 aromatic carbocycles. The molecule has 1 rings (SSSR count). The largest absolute Gasteiger partial charge is 0.391 e. The van der Waals surface area contributed by atoms with E-state index in [4.69, 9.17) is 4.74 Å². The number of piperidine rings is 1. The number of ether oxygens (including phenoxy) is 1. The molecule has 0 radical (unpaired) electrons. The smallest absolute Gasteiger partial charge is 0.317 e. The van der Waals surface area contributed by atoms with E-state index >= 15 is 0 Å². The van der Waals surface area contributed by atoms with E-state index in [0.29, 0.717) is 25.6 Å². The monoisotopic (exact) mass is 272 g/mol. The van der Waals surface area contributed by atoms with Crippen molar-refractivity contribution >= 4 is 6.03 Å². The van der Waals surface area contributed by atoms with Crippen LogP contribution in [0.1, 0.15) is 40.0 Å². The molecular weight excluding hydrogens is 244 g/mol. The standard InChI is InChI=1S/C14H28N2O3/c1-4-19-13(11(2)3)7-8-15-14(18)16-9-5-6-12(17)10-16/h11-13,17H,4-10H2,1-3H3,(H,15,18)/t12-,13-/m1/s1. The fourth-order valence-electron chi connectivity index (χ4n) is 2.40. The minimum Gasteiger partial charge on any atom is -0.391 e. The number of rotatable bonds is 6. The maximum Gasteiger partial charge on any atom is 0.317 e. The number of likely N-dealkylation sites (tertiary alicyclic amines) is 1. The summed E-state index contributed by atoms with van der Waals surface area (Å²) in [4.78, 5) is 13.6. The highest BCUT2D eigenvalue weighted by molar-refractivity contribution is 5.74. The molecule has 2 amide bonds. The molecule has 0 spiro atoms. The van der Waals surface area contributed by atoms with Gasteiger partial charge in [0.05, 0.1) is 12.2 Å². The lowest BCUT2D eigenvalue weighted by atomic mass is 10.0. The molecule has 19 heavy (non-hydrogen) atoms. The van der Waals surface area contributed by atoms with Gasteiger partial charge in [0.25, 0.3) is 0 Å². The lowest BCUT2D eigenvalue weighted by Gasteiger charge is -2.30. The molecule has 1 heterocycles. The summed E-state index contributed by atoms with van der Waals surface area (Å²) >= 11 is 0. The van der Waals surface area contributed by atoms with Gasteiger partial charge in [-0.15, -0.1) is 0 Å². The molecule has 0 aromatic rings. The minimum atomic E-state index is -0.369. The zero-order chi connectivity index (χ0) is 14.3. The molecule has 0 saturated carbocycles. The first-order chi connectivity index (χ1) is 9.04. The first-order valence-electron chi connectivity index (χ1n) is 7.37. The van der Waals surface area contributed by atoms with Crippen molar-refractivity contribution in [2.24, 2.45) is 5.92 Å². The van der Waals surface area contributed by atoms with Crippen LogP contribution in [0.2, 0.25) is 0 Å². The fraction of sp³-hybridized carbons (Fsp3) is 0.929. The average Bonchev–Trinajstić information content (AvgIpc) is 2.37. The fourth-order valence-corrected chi connectivity index (χ4v) is 2.40. The second kappa shape index (κ2) is 8.38. The van der Waals surface area contributed by atoms with Crippen LogP contribution in [0.3, 0.4) is 0 Å². The third-order valence-electron chi connectivity index (χ3n) is 3.51. The maximum absolute atomic E-state index is 11.9. The van der Waals surface area contributed by atoms with Gasteiger partial charge in [-0.3, -0.25) is 0 Å². The van der Waals surface area contributed by atoms with Crippen LogP contribution in [-0.4, -0.2) is 54.5 Å². The Morgan fingerprint density at radius 3 is 2.84 bits per heavy atom. The number of carbonyl (C=O) groups excluding carboxylic acids is 1. The molecule has 1 aliphatic heterocycles.